The van der Waals surface area contributed by atoms with Gasteiger partial charge in [0.1, 0.15) is 0 Å². The molecule has 1 aromatic heterocycles. The quantitative estimate of drug-likeness (QED) is 0.766. The zero-order chi connectivity index (χ0) is 10.2. The van der Waals surface area contributed by atoms with E-state index in [0.29, 0.717) is 11.7 Å². The molecule has 0 saturated carbocycles. The van der Waals surface area contributed by atoms with E-state index >= 15 is 0 Å². The Balaban J connectivity index is 2.22. The molecule has 0 spiro atoms. The van der Waals surface area contributed by atoms with Gasteiger partial charge < -0.3 is 14.4 Å². The molecule has 2 rings (SSSR count). The first kappa shape index (κ1) is 9.68. The average Bonchev–Trinajstić information content (AvgIpc) is 2.70. The Kier molecular flexibility index (Phi) is 2.33. The molecule has 0 bridgehead atoms. The minimum absolute atomic E-state index is 0.000998. The lowest BCUT2D eigenvalue weighted by atomic mass is 9.88. The molecular weight excluding hydrogens is 180 g/mol. The number of nitrogens with zero attached hydrogens (tertiary/aromatic N) is 2. The van der Waals surface area contributed by atoms with Gasteiger partial charge in [-0.15, -0.1) is 0 Å². The number of rotatable bonds is 2. The Morgan fingerprint density at radius 1 is 1.71 bits per heavy atom. The topological polar surface area (TPSA) is 47.3 Å². The van der Waals surface area contributed by atoms with Crippen molar-refractivity contribution in [3.8, 4) is 0 Å². The molecular formula is C10H16N2O2. The molecule has 0 aromatic carbocycles. The van der Waals surface area contributed by atoms with Crippen LogP contribution in [0.15, 0.2) is 12.5 Å². The molecule has 78 valence electrons. The number of hydrogen-bond donors (Lipinski definition) is 1. The molecule has 0 amide bonds. The fraction of sp³-hybridized carbons (Fsp3) is 0.700. The average molecular weight is 196 g/mol. The van der Waals surface area contributed by atoms with Crippen LogP contribution in [0.5, 0.6) is 0 Å². The third-order valence-corrected chi connectivity index (χ3v) is 2.83. The maximum atomic E-state index is 8.92. The van der Waals surface area contributed by atoms with E-state index in [1.807, 2.05) is 10.8 Å². The molecule has 1 aliphatic rings. The highest BCUT2D eigenvalue weighted by Crippen LogP contribution is 2.36. The number of aliphatic hydroxyl groups excluding tert-OH is 1. The first-order valence-electron chi connectivity index (χ1n) is 4.84. The minimum Gasteiger partial charge on any atom is -0.390 e. The number of aromatic nitrogens is 2. The third-order valence-electron chi connectivity index (χ3n) is 2.83. The van der Waals surface area contributed by atoms with Crippen LogP contribution in [0.1, 0.15) is 25.6 Å². The first-order chi connectivity index (χ1) is 6.63. The summed E-state index contributed by atoms with van der Waals surface area (Å²) in [4.78, 5) is 4.10. The van der Waals surface area contributed by atoms with Crippen LogP contribution < -0.4 is 0 Å². The molecule has 1 atom stereocenters. The van der Waals surface area contributed by atoms with Crippen molar-refractivity contribution in [2.24, 2.45) is 5.41 Å². The van der Waals surface area contributed by atoms with Crippen molar-refractivity contribution < 1.29 is 9.84 Å². The van der Waals surface area contributed by atoms with Crippen LogP contribution in [-0.2, 0) is 11.3 Å². The van der Waals surface area contributed by atoms with E-state index in [-0.39, 0.29) is 12.0 Å². The lowest BCUT2D eigenvalue weighted by Crippen LogP contribution is -2.24. The highest BCUT2D eigenvalue weighted by Gasteiger charge is 2.36. The van der Waals surface area contributed by atoms with Gasteiger partial charge in [-0.1, -0.05) is 13.8 Å². The van der Waals surface area contributed by atoms with Gasteiger partial charge in [-0.3, -0.25) is 0 Å². The predicted molar refractivity (Wildman–Crippen MR) is 51.8 cm³/mol. The molecule has 1 unspecified atom stereocenters. The number of hydrogen-bond acceptors (Lipinski definition) is 3. The molecule has 1 saturated heterocycles. The Morgan fingerprint density at radius 3 is 3.00 bits per heavy atom. The smallest absolute Gasteiger partial charge is 0.0954 e. The van der Waals surface area contributed by atoms with Crippen molar-refractivity contribution in [1.82, 2.24) is 9.55 Å². The minimum atomic E-state index is 0.000998. The summed E-state index contributed by atoms with van der Waals surface area (Å²) in [6.45, 7) is 5.88. The summed E-state index contributed by atoms with van der Waals surface area (Å²) in [5, 5.41) is 8.92. The van der Waals surface area contributed by atoms with Crippen molar-refractivity contribution in [1.29, 1.82) is 0 Å². The van der Waals surface area contributed by atoms with Crippen LogP contribution in [-0.4, -0.2) is 27.9 Å². The van der Waals surface area contributed by atoms with Gasteiger partial charge in [-0.05, 0) is 0 Å². The van der Waals surface area contributed by atoms with Gasteiger partial charge in [0, 0.05) is 11.6 Å². The predicted octanol–water partition coefficient (Wildman–Crippen LogP) is 0.973. The van der Waals surface area contributed by atoms with Gasteiger partial charge in [0.15, 0.2) is 0 Å². The molecule has 1 N–H and O–H groups in total. The van der Waals surface area contributed by atoms with E-state index in [2.05, 4.69) is 18.8 Å². The van der Waals surface area contributed by atoms with Gasteiger partial charge in [0.2, 0.25) is 0 Å². The second kappa shape index (κ2) is 3.37. The van der Waals surface area contributed by atoms with E-state index < -0.39 is 0 Å². The van der Waals surface area contributed by atoms with Crippen LogP contribution in [0.2, 0.25) is 0 Å². The fourth-order valence-corrected chi connectivity index (χ4v) is 1.88. The monoisotopic (exact) mass is 196 g/mol. The van der Waals surface area contributed by atoms with Gasteiger partial charge in [0.25, 0.3) is 0 Å². The van der Waals surface area contributed by atoms with E-state index in [9.17, 15) is 0 Å². The van der Waals surface area contributed by atoms with Crippen molar-refractivity contribution in [2.45, 2.75) is 26.5 Å². The molecule has 4 heteroatoms. The number of imidazole rings is 1. The summed E-state index contributed by atoms with van der Waals surface area (Å²) >= 11 is 0. The molecule has 0 aliphatic carbocycles. The van der Waals surface area contributed by atoms with E-state index in [0.717, 1.165) is 13.2 Å². The Bertz CT molecular complexity index is 320. The van der Waals surface area contributed by atoms with E-state index in [1.54, 1.807) is 6.33 Å². The molecule has 1 fully saturated rings. The van der Waals surface area contributed by atoms with Crippen LogP contribution in [0.25, 0.3) is 0 Å². The van der Waals surface area contributed by atoms with E-state index in [1.165, 1.54) is 0 Å². The van der Waals surface area contributed by atoms with Gasteiger partial charge in [-0.25, -0.2) is 4.98 Å². The van der Waals surface area contributed by atoms with Gasteiger partial charge in [-0.2, -0.15) is 0 Å². The van der Waals surface area contributed by atoms with Crippen LogP contribution in [0.4, 0.5) is 0 Å². The summed E-state index contributed by atoms with van der Waals surface area (Å²) < 4.78 is 7.50. The second-order valence-electron chi connectivity index (χ2n) is 4.49. The molecule has 0 radical (unpaired) electrons. The molecule has 1 aliphatic heterocycles. The maximum absolute atomic E-state index is 8.92. The Labute approximate surface area is 83.5 Å². The molecule has 14 heavy (non-hydrogen) atoms. The van der Waals surface area contributed by atoms with Crippen molar-refractivity contribution in [3.63, 3.8) is 0 Å². The summed E-state index contributed by atoms with van der Waals surface area (Å²) in [6.07, 6.45) is 3.66. The largest absolute Gasteiger partial charge is 0.390 e. The highest BCUT2D eigenvalue weighted by atomic mass is 16.5. The summed E-state index contributed by atoms with van der Waals surface area (Å²) in [7, 11) is 0. The van der Waals surface area contributed by atoms with Crippen molar-refractivity contribution in [3.05, 3.63) is 18.2 Å². The van der Waals surface area contributed by atoms with E-state index in [4.69, 9.17) is 9.84 Å². The summed E-state index contributed by atoms with van der Waals surface area (Å²) in [6, 6.07) is 0.329. The standard InChI is InChI=1S/C10H16N2O2/c1-10(2)6-14-5-9(10)12-3-8(4-13)11-7-12/h3,7,9,13H,4-6H2,1-2H3. The lowest BCUT2D eigenvalue weighted by molar-refractivity contribution is 0.166. The highest BCUT2D eigenvalue weighted by molar-refractivity contribution is 4.99. The van der Waals surface area contributed by atoms with Crippen LogP contribution in [0.3, 0.4) is 0 Å². The first-order valence-corrected chi connectivity index (χ1v) is 4.84. The second-order valence-corrected chi connectivity index (χ2v) is 4.49. The van der Waals surface area contributed by atoms with Gasteiger partial charge in [0.05, 0.1) is 37.9 Å². The van der Waals surface area contributed by atoms with Crippen LogP contribution >= 0.6 is 0 Å². The third kappa shape index (κ3) is 1.55. The normalized spacial score (nSPS) is 25.5. The molecule has 2 heterocycles. The molecule has 4 nitrogen and oxygen atoms in total. The summed E-state index contributed by atoms with van der Waals surface area (Å²) in [5.74, 6) is 0. The van der Waals surface area contributed by atoms with Crippen molar-refractivity contribution >= 4 is 0 Å². The number of ether oxygens (including phenoxy) is 1. The molecule has 1 aromatic rings. The number of aliphatic hydroxyl groups is 1. The van der Waals surface area contributed by atoms with Crippen molar-refractivity contribution in [2.75, 3.05) is 13.2 Å². The fourth-order valence-electron chi connectivity index (χ4n) is 1.88. The SMILES string of the molecule is CC1(C)COCC1n1cnc(CO)c1. The summed E-state index contributed by atoms with van der Waals surface area (Å²) in [5.41, 5.74) is 0.862. The Hall–Kier alpha value is -0.870. The zero-order valence-electron chi connectivity index (χ0n) is 8.60. The zero-order valence-corrected chi connectivity index (χ0v) is 8.60. The maximum Gasteiger partial charge on any atom is 0.0954 e. The lowest BCUT2D eigenvalue weighted by Gasteiger charge is -2.25. The van der Waals surface area contributed by atoms with Crippen LogP contribution in [0, 0.1) is 5.41 Å². The van der Waals surface area contributed by atoms with Gasteiger partial charge >= 0.3 is 0 Å². The Morgan fingerprint density at radius 2 is 2.50 bits per heavy atom.